The number of hydrogen-bond donors (Lipinski definition) is 1. The first-order valence-electron chi connectivity index (χ1n) is 5.57. The molecule has 0 aliphatic carbocycles. The predicted octanol–water partition coefficient (Wildman–Crippen LogP) is -0.0228. The normalized spacial score (nSPS) is 19.5. The van der Waals surface area contributed by atoms with E-state index < -0.39 is 21.2 Å². The van der Waals surface area contributed by atoms with E-state index in [-0.39, 0.29) is 10.6 Å². The van der Waals surface area contributed by atoms with Crippen LogP contribution < -0.4 is 4.72 Å². The molecule has 0 spiro atoms. The fourth-order valence-corrected chi connectivity index (χ4v) is 2.69. The number of non-ortho nitro benzene ring substituents is 1. The molecule has 1 atom stereocenters. The molecule has 0 bridgehead atoms. The van der Waals surface area contributed by atoms with Crippen molar-refractivity contribution in [3.05, 3.63) is 34.4 Å². The molecule has 1 aromatic carbocycles. The van der Waals surface area contributed by atoms with Crippen LogP contribution in [-0.2, 0) is 10.0 Å². The van der Waals surface area contributed by atoms with Gasteiger partial charge in [-0.2, -0.15) is 9.73 Å². The van der Waals surface area contributed by atoms with Crippen LogP contribution in [0.25, 0.3) is 0 Å². The molecule has 1 aromatic rings. The van der Waals surface area contributed by atoms with Crippen molar-refractivity contribution in [3.8, 4) is 0 Å². The highest BCUT2D eigenvalue weighted by Gasteiger charge is 2.27. The molecule has 0 aromatic heterocycles. The molecule has 2 rings (SSSR count). The lowest BCUT2D eigenvalue weighted by Crippen LogP contribution is -2.46. The van der Waals surface area contributed by atoms with Crippen LogP contribution in [0, 0.1) is 10.1 Å². The average Bonchev–Trinajstić information content (AvgIpc) is 2.70. The van der Waals surface area contributed by atoms with E-state index in [1.54, 1.807) is 24.1 Å². The number of benzene rings is 1. The molecule has 10 heteroatoms. The van der Waals surface area contributed by atoms with Gasteiger partial charge in [0.1, 0.15) is 6.34 Å². The standard InChI is InChI=1S/C10H13N5O4S/c1-13-7-11-10(14(13)2)12-20(18,19)9-5-3-8(4-6-9)15(16)17/h3-7,10,12H,1-2H3. The number of sulfonamides is 1. The van der Waals surface area contributed by atoms with Crippen molar-refractivity contribution in [2.45, 2.75) is 11.2 Å². The molecule has 0 amide bonds. The second-order valence-electron chi connectivity index (χ2n) is 4.16. The molecule has 0 radical (unpaired) electrons. The summed E-state index contributed by atoms with van der Waals surface area (Å²) in [5.74, 6) is 0. The van der Waals surface area contributed by atoms with E-state index in [0.29, 0.717) is 0 Å². The summed E-state index contributed by atoms with van der Waals surface area (Å²) in [7, 11) is -0.395. The fraction of sp³-hybridized carbons (Fsp3) is 0.300. The zero-order chi connectivity index (χ0) is 14.9. The third kappa shape index (κ3) is 2.76. The summed E-state index contributed by atoms with van der Waals surface area (Å²) in [5, 5.41) is 13.7. The van der Waals surface area contributed by atoms with E-state index >= 15 is 0 Å². The van der Waals surface area contributed by atoms with Crippen LogP contribution in [0.15, 0.2) is 34.2 Å². The number of nitrogens with zero attached hydrogens (tertiary/aromatic N) is 4. The average molecular weight is 299 g/mol. The number of nitro groups is 1. The molecule has 1 aliphatic heterocycles. The molecule has 0 saturated heterocycles. The largest absolute Gasteiger partial charge is 0.296 e. The zero-order valence-electron chi connectivity index (χ0n) is 10.8. The minimum Gasteiger partial charge on any atom is -0.296 e. The molecule has 1 unspecified atom stereocenters. The van der Waals surface area contributed by atoms with Gasteiger partial charge in [0.15, 0.2) is 6.29 Å². The first kappa shape index (κ1) is 14.4. The summed E-state index contributed by atoms with van der Waals surface area (Å²) in [4.78, 5) is 13.9. The van der Waals surface area contributed by atoms with Crippen molar-refractivity contribution in [3.63, 3.8) is 0 Å². The molecule has 0 saturated carbocycles. The Hall–Kier alpha value is -2.04. The number of nitro benzene ring substituents is 1. The molecule has 108 valence electrons. The monoisotopic (exact) mass is 299 g/mol. The van der Waals surface area contributed by atoms with Gasteiger partial charge in [-0.05, 0) is 12.1 Å². The highest BCUT2D eigenvalue weighted by molar-refractivity contribution is 7.89. The van der Waals surface area contributed by atoms with E-state index in [2.05, 4.69) is 9.71 Å². The minimum atomic E-state index is -3.80. The van der Waals surface area contributed by atoms with Gasteiger partial charge in [0.25, 0.3) is 5.69 Å². The van der Waals surface area contributed by atoms with Crippen molar-refractivity contribution in [2.75, 3.05) is 14.1 Å². The van der Waals surface area contributed by atoms with Gasteiger partial charge in [-0.15, -0.1) is 0 Å². The Labute approximate surface area is 115 Å². The van der Waals surface area contributed by atoms with Gasteiger partial charge >= 0.3 is 0 Å². The molecule has 20 heavy (non-hydrogen) atoms. The molecular formula is C10H13N5O4S. The van der Waals surface area contributed by atoms with Gasteiger partial charge in [-0.3, -0.25) is 15.1 Å². The van der Waals surface area contributed by atoms with Gasteiger partial charge in [0.05, 0.1) is 9.82 Å². The third-order valence-corrected chi connectivity index (χ3v) is 4.26. The Bertz CT molecular complexity index is 642. The maximum Gasteiger partial charge on any atom is 0.269 e. The molecule has 9 nitrogen and oxygen atoms in total. The van der Waals surface area contributed by atoms with Crippen LogP contribution >= 0.6 is 0 Å². The molecule has 1 heterocycles. The lowest BCUT2D eigenvalue weighted by atomic mass is 10.3. The maximum absolute atomic E-state index is 12.1. The van der Waals surface area contributed by atoms with Crippen LogP contribution in [0.1, 0.15) is 0 Å². The fourth-order valence-electron chi connectivity index (χ4n) is 1.57. The van der Waals surface area contributed by atoms with Gasteiger partial charge in [0, 0.05) is 26.2 Å². The van der Waals surface area contributed by atoms with E-state index in [9.17, 15) is 18.5 Å². The van der Waals surface area contributed by atoms with Crippen LogP contribution in [-0.4, -0.2) is 50.1 Å². The van der Waals surface area contributed by atoms with Crippen molar-refractivity contribution in [1.29, 1.82) is 0 Å². The van der Waals surface area contributed by atoms with Gasteiger partial charge in [-0.1, -0.05) is 0 Å². The van der Waals surface area contributed by atoms with Gasteiger partial charge in [-0.25, -0.2) is 13.4 Å². The quantitative estimate of drug-likeness (QED) is 0.618. The highest BCUT2D eigenvalue weighted by atomic mass is 32.2. The van der Waals surface area contributed by atoms with Crippen molar-refractivity contribution in [2.24, 2.45) is 4.99 Å². The molecule has 1 N–H and O–H groups in total. The van der Waals surface area contributed by atoms with E-state index in [0.717, 1.165) is 12.1 Å². The van der Waals surface area contributed by atoms with Crippen molar-refractivity contribution < 1.29 is 13.3 Å². The maximum atomic E-state index is 12.1. The smallest absolute Gasteiger partial charge is 0.269 e. The zero-order valence-corrected chi connectivity index (χ0v) is 11.6. The minimum absolute atomic E-state index is 0.0544. The lowest BCUT2D eigenvalue weighted by molar-refractivity contribution is -0.384. The second kappa shape index (κ2) is 5.15. The van der Waals surface area contributed by atoms with Crippen LogP contribution in [0.4, 0.5) is 5.69 Å². The Kier molecular flexibility index (Phi) is 3.70. The topological polar surface area (TPSA) is 108 Å². The van der Waals surface area contributed by atoms with Gasteiger partial charge in [0.2, 0.25) is 10.0 Å². The molecule has 1 aliphatic rings. The van der Waals surface area contributed by atoms with Gasteiger partial charge < -0.3 is 0 Å². The summed E-state index contributed by atoms with van der Waals surface area (Å²) in [5.41, 5.74) is -0.167. The highest BCUT2D eigenvalue weighted by Crippen LogP contribution is 2.17. The number of aliphatic imine (C=N–C) groups is 1. The van der Waals surface area contributed by atoms with Crippen molar-refractivity contribution in [1.82, 2.24) is 14.7 Å². The first-order chi connectivity index (χ1) is 9.31. The van der Waals surface area contributed by atoms with Crippen LogP contribution in [0.3, 0.4) is 0 Å². The number of hydrazine groups is 1. The predicted molar refractivity (Wildman–Crippen MR) is 71.2 cm³/mol. The second-order valence-corrected chi connectivity index (χ2v) is 5.87. The summed E-state index contributed by atoms with van der Waals surface area (Å²) in [6, 6.07) is 4.65. The lowest BCUT2D eigenvalue weighted by Gasteiger charge is -2.24. The summed E-state index contributed by atoms with van der Waals surface area (Å²) in [6.07, 6.45) is 0.753. The van der Waals surface area contributed by atoms with E-state index in [4.69, 9.17) is 0 Å². The number of rotatable bonds is 4. The van der Waals surface area contributed by atoms with Crippen LogP contribution in [0.2, 0.25) is 0 Å². The SMILES string of the molecule is CN1C=NC(NS(=O)(=O)c2ccc([N+](=O)[O-])cc2)N1C. The molecule has 0 fully saturated rings. The summed E-state index contributed by atoms with van der Waals surface area (Å²) < 4.78 is 26.6. The van der Waals surface area contributed by atoms with Crippen molar-refractivity contribution >= 4 is 22.0 Å². The molecular weight excluding hydrogens is 286 g/mol. The third-order valence-electron chi connectivity index (χ3n) is 2.84. The Morgan fingerprint density at radius 3 is 2.35 bits per heavy atom. The number of nitrogens with one attached hydrogen (secondary N) is 1. The first-order valence-corrected chi connectivity index (χ1v) is 7.05. The Morgan fingerprint density at radius 2 is 1.90 bits per heavy atom. The Morgan fingerprint density at radius 1 is 1.30 bits per heavy atom. The Balaban J connectivity index is 2.18. The van der Waals surface area contributed by atoms with E-state index in [1.807, 2.05) is 0 Å². The van der Waals surface area contributed by atoms with Crippen LogP contribution in [0.5, 0.6) is 0 Å². The summed E-state index contributed by atoms with van der Waals surface area (Å²) in [6.45, 7) is 0. The van der Waals surface area contributed by atoms with E-state index in [1.165, 1.54) is 18.5 Å². The number of hydrogen-bond acceptors (Lipinski definition) is 7. The summed E-state index contributed by atoms with van der Waals surface area (Å²) >= 11 is 0.